The molecule has 1 atom stereocenters. The van der Waals surface area contributed by atoms with Gasteiger partial charge in [0.1, 0.15) is 0 Å². The first kappa shape index (κ1) is 15.5. The standard InChI is InChI=1S/C15H9ClF3N3O/c16-13-14(22-11-4-2-1-3-10(11)21-13)23-12(15(17,18)19)9-5-7-20-8-6-9/h1-8,12H. The van der Waals surface area contributed by atoms with Gasteiger partial charge in [-0.3, -0.25) is 4.98 Å². The maximum absolute atomic E-state index is 13.3. The fourth-order valence-electron chi connectivity index (χ4n) is 2.01. The molecule has 0 aliphatic rings. The Morgan fingerprint density at radius 1 is 0.957 bits per heavy atom. The van der Waals surface area contributed by atoms with Crippen LogP contribution in [-0.4, -0.2) is 21.1 Å². The Hall–Kier alpha value is -2.41. The van der Waals surface area contributed by atoms with Gasteiger partial charge < -0.3 is 4.74 Å². The molecule has 118 valence electrons. The van der Waals surface area contributed by atoms with Gasteiger partial charge in [0.2, 0.25) is 6.10 Å². The van der Waals surface area contributed by atoms with Crippen molar-refractivity contribution in [3.63, 3.8) is 0 Å². The van der Waals surface area contributed by atoms with Crippen molar-refractivity contribution in [1.29, 1.82) is 0 Å². The summed E-state index contributed by atoms with van der Waals surface area (Å²) in [4.78, 5) is 11.7. The maximum atomic E-state index is 13.3. The van der Waals surface area contributed by atoms with Gasteiger partial charge in [-0.1, -0.05) is 23.7 Å². The van der Waals surface area contributed by atoms with Crippen LogP contribution in [-0.2, 0) is 0 Å². The Morgan fingerprint density at radius 2 is 1.57 bits per heavy atom. The summed E-state index contributed by atoms with van der Waals surface area (Å²) in [6, 6.07) is 9.13. The molecule has 23 heavy (non-hydrogen) atoms. The number of hydrogen-bond donors (Lipinski definition) is 0. The van der Waals surface area contributed by atoms with Crippen molar-refractivity contribution in [3.05, 3.63) is 59.5 Å². The Labute approximate surface area is 133 Å². The third-order valence-corrected chi connectivity index (χ3v) is 3.28. The Kier molecular flexibility index (Phi) is 4.04. The SMILES string of the molecule is FC(F)(F)C(Oc1nc2ccccc2nc1Cl)c1ccncc1. The summed E-state index contributed by atoms with van der Waals surface area (Å²) in [6.07, 6.45) is -4.34. The molecule has 2 aromatic heterocycles. The molecule has 4 nitrogen and oxygen atoms in total. The molecule has 0 saturated carbocycles. The largest absolute Gasteiger partial charge is 0.458 e. The molecule has 3 rings (SSSR count). The lowest BCUT2D eigenvalue weighted by molar-refractivity contribution is -0.198. The Bertz CT molecular complexity index is 827. The van der Waals surface area contributed by atoms with Crippen LogP contribution in [0.15, 0.2) is 48.8 Å². The van der Waals surface area contributed by atoms with Gasteiger partial charge in [0, 0.05) is 18.0 Å². The highest BCUT2D eigenvalue weighted by Crippen LogP contribution is 2.37. The molecule has 8 heteroatoms. The second kappa shape index (κ2) is 6.00. The van der Waals surface area contributed by atoms with Crippen LogP contribution in [0.4, 0.5) is 13.2 Å². The van der Waals surface area contributed by atoms with E-state index in [9.17, 15) is 13.2 Å². The van der Waals surface area contributed by atoms with Gasteiger partial charge in [0.25, 0.3) is 5.88 Å². The van der Waals surface area contributed by atoms with Crippen LogP contribution in [0, 0.1) is 0 Å². The van der Waals surface area contributed by atoms with Crippen molar-refractivity contribution in [2.75, 3.05) is 0 Å². The predicted octanol–water partition coefficient (Wildman–Crippen LogP) is 4.36. The van der Waals surface area contributed by atoms with E-state index in [2.05, 4.69) is 15.0 Å². The van der Waals surface area contributed by atoms with E-state index in [1.165, 1.54) is 24.5 Å². The fourth-order valence-corrected chi connectivity index (χ4v) is 2.19. The Balaban J connectivity index is 2.02. The van der Waals surface area contributed by atoms with Crippen molar-refractivity contribution >= 4 is 22.6 Å². The van der Waals surface area contributed by atoms with Crippen LogP contribution in [0.3, 0.4) is 0 Å². The van der Waals surface area contributed by atoms with Gasteiger partial charge in [-0.05, 0) is 24.3 Å². The summed E-state index contributed by atoms with van der Waals surface area (Å²) in [5, 5.41) is -0.230. The summed E-state index contributed by atoms with van der Waals surface area (Å²) in [5.74, 6) is -0.371. The zero-order valence-electron chi connectivity index (χ0n) is 11.5. The number of halogens is 4. The number of rotatable bonds is 3. The fraction of sp³-hybridized carbons (Fsp3) is 0.133. The van der Waals surface area contributed by atoms with E-state index in [4.69, 9.17) is 16.3 Å². The van der Waals surface area contributed by atoms with Gasteiger partial charge in [0.05, 0.1) is 11.0 Å². The number of pyridine rings is 1. The number of alkyl halides is 3. The van der Waals surface area contributed by atoms with E-state index in [0.29, 0.717) is 11.0 Å². The first-order valence-electron chi connectivity index (χ1n) is 6.51. The molecular weight excluding hydrogens is 331 g/mol. The first-order valence-corrected chi connectivity index (χ1v) is 6.88. The highest BCUT2D eigenvalue weighted by Gasteiger charge is 2.43. The van der Waals surface area contributed by atoms with Gasteiger partial charge in [-0.15, -0.1) is 0 Å². The molecule has 1 aromatic carbocycles. The molecule has 3 aromatic rings. The van der Waals surface area contributed by atoms with Crippen molar-refractivity contribution < 1.29 is 17.9 Å². The molecule has 0 aliphatic carbocycles. The number of para-hydroxylation sites is 2. The number of ether oxygens (including phenoxy) is 1. The molecule has 0 aliphatic heterocycles. The second-order valence-electron chi connectivity index (χ2n) is 4.63. The summed E-state index contributed by atoms with van der Waals surface area (Å²) < 4.78 is 44.9. The minimum Gasteiger partial charge on any atom is -0.458 e. The zero-order valence-corrected chi connectivity index (χ0v) is 12.2. The lowest BCUT2D eigenvalue weighted by atomic mass is 10.1. The van der Waals surface area contributed by atoms with Crippen molar-refractivity contribution in [2.24, 2.45) is 0 Å². The van der Waals surface area contributed by atoms with E-state index in [0.717, 1.165) is 0 Å². The molecular formula is C15H9ClF3N3O. The predicted molar refractivity (Wildman–Crippen MR) is 78.2 cm³/mol. The lowest BCUT2D eigenvalue weighted by Gasteiger charge is -2.21. The van der Waals surface area contributed by atoms with Gasteiger partial charge in [0.15, 0.2) is 5.15 Å². The van der Waals surface area contributed by atoms with Crippen LogP contribution >= 0.6 is 11.6 Å². The molecule has 0 radical (unpaired) electrons. The summed E-state index contributed by atoms with van der Waals surface area (Å²) in [5.41, 5.74) is 0.762. The van der Waals surface area contributed by atoms with E-state index >= 15 is 0 Å². The highest BCUT2D eigenvalue weighted by molar-refractivity contribution is 6.31. The zero-order chi connectivity index (χ0) is 16.4. The Morgan fingerprint density at radius 3 is 2.17 bits per heavy atom. The van der Waals surface area contributed by atoms with Crippen LogP contribution < -0.4 is 4.74 Å². The smallest absolute Gasteiger partial charge is 0.429 e. The number of hydrogen-bond acceptors (Lipinski definition) is 4. The van der Waals surface area contributed by atoms with Crippen LogP contribution in [0.1, 0.15) is 11.7 Å². The van der Waals surface area contributed by atoms with Crippen LogP contribution in [0.2, 0.25) is 5.15 Å². The molecule has 1 unspecified atom stereocenters. The minimum absolute atomic E-state index is 0.0986. The average Bonchev–Trinajstić information content (AvgIpc) is 2.52. The number of fused-ring (bicyclic) bond motifs is 1. The quantitative estimate of drug-likeness (QED) is 0.711. The van der Waals surface area contributed by atoms with E-state index in [1.54, 1.807) is 24.3 Å². The molecule has 0 bridgehead atoms. The molecule has 0 saturated heterocycles. The number of nitrogens with zero attached hydrogens (tertiary/aromatic N) is 3. The minimum atomic E-state index is -4.64. The highest BCUT2D eigenvalue weighted by atomic mass is 35.5. The monoisotopic (exact) mass is 339 g/mol. The summed E-state index contributed by atoms with van der Waals surface area (Å²) in [7, 11) is 0. The maximum Gasteiger partial charge on any atom is 0.429 e. The van der Waals surface area contributed by atoms with Gasteiger partial charge >= 0.3 is 6.18 Å². The third-order valence-electron chi connectivity index (χ3n) is 3.03. The van der Waals surface area contributed by atoms with E-state index < -0.39 is 12.3 Å². The summed E-state index contributed by atoms with van der Waals surface area (Å²) in [6.45, 7) is 0. The van der Waals surface area contributed by atoms with Gasteiger partial charge in [-0.2, -0.15) is 13.2 Å². The van der Waals surface area contributed by atoms with Crippen LogP contribution in [0.5, 0.6) is 5.88 Å². The molecule has 0 N–H and O–H groups in total. The molecule has 0 amide bonds. The normalized spacial score (nSPS) is 13.0. The second-order valence-corrected chi connectivity index (χ2v) is 4.99. The number of benzene rings is 1. The van der Waals surface area contributed by atoms with Crippen molar-refractivity contribution in [3.8, 4) is 5.88 Å². The average molecular weight is 340 g/mol. The topological polar surface area (TPSA) is 47.9 Å². The molecule has 0 spiro atoms. The van der Waals surface area contributed by atoms with Crippen LogP contribution in [0.25, 0.3) is 11.0 Å². The third kappa shape index (κ3) is 3.34. The summed E-state index contributed by atoms with van der Waals surface area (Å²) >= 11 is 5.91. The van der Waals surface area contributed by atoms with Crippen molar-refractivity contribution in [2.45, 2.75) is 12.3 Å². The first-order chi connectivity index (χ1) is 10.9. The molecule has 0 fully saturated rings. The van der Waals surface area contributed by atoms with E-state index in [1.807, 2.05) is 0 Å². The number of aromatic nitrogens is 3. The molecule has 2 heterocycles. The van der Waals surface area contributed by atoms with Gasteiger partial charge in [-0.25, -0.2) is 9.97 Å². The van der Waals surface area contributed by atoms with Crippen molar-refractivity contribution in [1.82, 2.24) is 15.0 Å². The van der Waals surface area contributed by atoms with E-state index in [-0.39, 0.29) is 16.6 Å². The lowest BCUT2D eigenvalue weighted by Crippen LogP contribution is -2.26.